The third-order valence-corrected chi connectivity index (χ3v) is 10.5. The van der Waals surface area contributed by atoms with Crippen LogP contribution in [0.25, 0.3) is 10.9 Å². The lowest BCUT2D eigenvalue weighted by Crippen LogP contribution is -2.52. The van der Waals surface area contributed by atoms with Crippen molar-refractivity contribution < 1.29 is 19.1 Å². The number of hydrogen-bond acceptors (Lipinski definition) is 4. The molecule has 1 amide bonds. The quantitative estimate of drug-likeness (QED) is 0.221. The number of fused-ring (bicyclic) bond motifs is 3. The van der Waals surface area contributed by atoms with Gasteiger partial charge in [-0.2, -0.15) is 0 Å². The van der Waals surface area contributed by atoms with Gasteiger partial charge in [0.05, 0.1) is 13.2 Å². The molecular formula is C33H35ClN2O4. The molecule has 8 rings (SSSR count). The van der Waals surface area contributed by atoms with Crippen molar-refractivity contribution in [3.63, 3.8) is 0 Å². The Kier molecular flexibility index (Phi) is 6.30. The maximum Gasteiger partial charge on any atom is 0.328 e. The third kappa shape index (κ3) is 4.18. The van der Waals surface area contributed by atoms with Crippen LogP contribution >= 0.6 is 11.6 Å². The van der Waals surface area contributed by atoms with Gasteiger partial charge in [-0.15, -0.1) is 11.6 Å². The van der Waals surface area contributed by atoms with E-state index < -0.39 is 18.1 Å². The second-order valence-electron chi connectivity index (χ2n) is 12.8. The summed E-state index contributed by atoms with van der Waals surface area (Å²) >= 11 is 6.07. The number of halogens is 1. The smallest absolute Gasteiger partial charge is 0.328 e. The number of carbonyl (C=O) groups excluding carboxylic acids is 3. The largest absolute Gasteiger partial charge is 0.467 e. The molecule has 4 bridgehead atoms. The number of ketones is 1. The predicted molar refractivity (Wildman–Crippen MR) is 153 cm³/mol. The first-order valence-corrected chi connectivity index (χ1v) is 15.1. The van der Waals surface area contributed by atoms with Crippen molar-refractivity contribution in [2.24, 2.45) is 23.2 Å². The highest BCUT2D eigenvalue weighted by atomic mass is 35.5. The Balaban J connectivity index is 1.23. The zero-order valence-electron chi connectivity index (χ0n) is 22.8. The molecule has 2 heterocycles. The van der Waals surface area contributed by atoms with Crippen molar-refractivity contribution in [1.82, 2.24) is 9.88 Å². The van der Waals surface area contributed by atoms with Gasteiger partial charge in [-0.05, 0) is 78.9 Å². The first kappa shape index (κ1) is 25.8. The number of carbonyl (C=O) groups is 3. The molecule has 40 heavy (non-hydrogen) atoms. The van der Waals surface area contributed by atoms with Gasteiger partial charge in [-0.1, -0.05) is 42.5 Å². The van der Waals surface area contributed by atoms with E-state index in [1.54, 1.807) is 4.90 Å². The van der Waals surface area contributed by atoms with Crippen molar-refractivity contribution in [1.29, 1.82) is 0 Å². The van der Waals surface area contributed by atoms with Crippen LogP contribution in [0.2, 0.25) is 0 Å². The van der Waals surface area contributed by atoms with Crippen LogP contribution in [0, 0.1) is 23.2 Å². The number of rotatable bonds is 6. The van der Waals surface area contributed by atoms with E-state index in [0.29, 0.717) is 18.4 Å². The van der Waals surface area contributed by atoms with Crippen molar-refractivity contribution in [2.45, 2.75) is 63.5 Å². The topological polar surface area (TPSA) is 79.5 Å². The Labute approximate surface area is 239 Å². The van der Waals surface area contributed by atoms with Crippen LogP contribution in [-0.2, 0) is 20.7 Å². The Hall–Kier alpha value is -3.12. The summed E-state index contributed by atoms with van der Waals surface area (Å²) in [6.07, 6.45) is 8.69. The summed E-state index contributed by atoms with van der Waals surface area (Å²) < 4.78 is 5.14. The highest BCUT2D eigenvalue weighted by Crippen LogP contribution is 2.61. The summed E-state index contributed by atoms with van der Waals surface area (Å²) in [5.41, 5.74) is 4.54. The molecule has 4 fully saturated rings. The van der Waals surface area contributed by atoms with Gasteiger partial charge in [0.1, 0.15) is 11.9 Å². The van der Waals surface area contributed by atoms with E-state index in [4.69, 9.17) is 16.3 Å². The minimum Gasteiger partial charge on any atom is -0.467 e. The van der Waals surface area contributed by atoms with Crippen LogP contribution in [-0.4, -0.2) is 46.6 Å². The number of esters is 1. The van der Waals surface area contributed by atoms with Gasteiger partial charge in [0.2, 0.25) is 5.91 Å². The molecule has 6 nitrogen and oxygen atoms in total. The van der Waals surface area contributed by atoms with Crippen molar-refractivity contribution in [2.75, 3.05) is 13.0 Å². The SMILES string of the molecule is COC(=O)[C@H]1Cc2c([nH]c3ccccc23)[C@@H](c2ccc(C(=O)CC34CC5CC(CC(C5)C3)C4)cc2)N1C(=O)CCl. The highest BCUT2D eigenvalue weighted by Gasteiger charge is 2.51. The number of aromatic amines is 1. The number of amides is 1. The number of nitrogens with zero attached hydrogens (tertiary/aromatic N) is 1. The van der Waals surface area contributed by atoms with E-state index in [2.05, 4.69) is 4.98 Å². The van der Waals surface area contributed by atoms with E-state index in [9.17, 15) is 14.4 Å². The molecule has 2 aromatic carbocycles. The van der Waals surface area contributed by atoms with Gasteiger partial charge in [0, 0.05) is 35.0 Å². The molecule has 2 atom stereocenters. The van der Waals surface area contributed by atoms with Gasteiger partial charge in [-0.3, -0.25) is 9.59 Å². The number of H-pyrrole nitrogens is 1. The van der Waals surface area contributed by atoms with E-state index in [1.165, 1.54) is 45.6 Å². The van der Waals surface area contributed by atoms with E-state index in [1.807, 2.05) is 48.5 Å². The fourth-order valence-electron chi connectivity index (χ4n) is 9.13. The Bertz CT molecular complexity index is 1460. The van der Waals surface area contributed by atoms with Crippen LogP contribution in [0.3, 0.4) is 0 Å². The summed E-state index contributed by atoms with van der Waals surface area (Å²) in [4.78, 5) is 44.9. The molecule has 0 saturated heterocycles. The van der Waals surface area contributed by atoms with Gasteiger partial charge >= 0.3 is 5.97 Å². The standard InChI is InChI=1S/C33H35ClN2O4/c1-40-32(39)27-13-25-24-4-2-3-5-26(24)35-30(25)31(36(27)29(38)18-34)23-8-6-22(7-9-23)28(37)17-33-14-19-10-20(15-33)12-21(11-19)16-33/h2-9,19-21,27,31,35H,10-18H2,1H3/t19?,20?,21?,27-,31-,33?/m1/s1. The Morgan fingerprint density at radius 2 is 1.62 bits per heavy atom. The molecule has 3 aromatic rings. The minimum absolute atomic E-state index is 0.185. The molecule has 5 aliphatic rings. The van der Waals surface area contributed by atoms with Gasteiger partial charge < -0.3 is 14.6 Å². The molecular weight excluding hydrogens is 524 g/mol. The summed E-state index contributed by atoms with van der Waals surface area (Å²) in [7, 11) is 1.34. The predicted octanol–water partition coefficient (Wildman–Crippen LogP) is 6.21. The number of methoxy groups -OCH3 is 1. The molecule has 4 saturated carbocycles. The van der Waals surface area contributed by atoms with Crippen LogP contribution < -0.4 is 0 Å². The zero-order chi connectivity index (χ0) is 27.6. The Morgan fingerprint density at radius 1 is 0.975 bits per heavy atom. The van der Waals surface area contributed by atoms with Crippen molar-refractivity contribution >= 4 is 40.2 Å². The van der Waals surface area contributed by atoms with Crippen molar-refractivity contribution in [3.05, 3.63) is 70.9 Å². The molecule has 0 radical (unpaired) electrons. The summed E-state index contributed by atoms with van der Waals surface area (Å²) in [6, 6.07) is 14.3. The Morgan fingerprint density at radius 3 is 2.25 bits per heavy atom. The second kappa shape index (κ2) is 9.76. The number of nitrogens with one attached hydrogen (secondary N) is 1. The highest BCUT2D eigenvalue weighted by molar-refractivity contribution is 6.27. The van der Waals surface area contributed by atoms with Gasteiger partial charge in [0.15, 0.2) is 5.78 Å². The minimum atomic E-state index is -0.801. The summed E-state index contributed by atoms with van der Waals surface area (Å²) in [6.45, 7) is 0. The number of aromatic nitrogens is 1. The lowest BCUT2D eigenvalue weighted by atomic mass is 9.48. The fraction of sp³-hybridized carbons (Fsp3) is 0.485. The fourth-order valence-corrected chi connectivity index (χ4v) is 9.27. The molecule has 7 heteroatoms. The van der Waals surface area contributed by atoms with Crippen LogP contribution in [0.5, 0.6) is 0 Å². The lowest BCUT2D eigenvalue weighted by molar-refractivity contribution is -0.154. The molecule has 208 valence electrons. The molecule has 0 unspecified atom stereocenters. The number of hydrogen-bond donors (Lipinski definition) is 1. The maximum atomic E-state index is 13.6. The number of para-hydroxylation sites is 1. The first-order valence-electron chi connectivity index (χ1n) is 14.6. The average molecular weight is 559 g/mol. The molecule has 4 aliphatic carbocycles. The first-order chi connectivity index (χ1) is 19.4. The van der Waals surface area contributed by atoms with Crippen LogP contribution in [0.1, 0.15) is 78.2 Å². The number of Topliss-reactive ketones (excluding diaryl/α,β-unsaturated/α-hetero) is 1. The summed E-state index contributed by atoms with van der Waals surface area (Å²) in [5.74, 6) is 1.59. The van der Waals surface area contributed by atoms with Crippen molar-refractivity contribution in [3.8, 4) is 0 Å². The van der Waals surface area contributed by atoms with E-state index in [0.717, 1.165) is 45.5 Å². The third-order valence-electron chi connectivity index (χ3n) is 10.3. The monoisotopic (exact) mass is 558 g/mol. The maximum absolute atomic E-state index is 13.6. The van der Waals surface area contributed by atoms with E-state index >= 15 is 0 Å². The summed E-state index contributed by atoms with van der Waals surface area (Å²) in [5, 5.41) is 1.02. The molecule has 1 N–H and O–H groups in total. The molecule has 0 spiro atoms. The molecule has 1 aliphatic heterocycles. The molecule has 1 aromatic heterocycles. The zero-order valence-corrected chi connectivity index (χ0v) is 23.6. The van der Waals surface area contributed by atoms with Gasteiger partial charge in [-0.25, -0.2) is 4.79 Å². The number of ether oxygens (including phenoxy) is 1. The number of alkyl halides is 1. The van der Waals surface area contributed by atoms with E-state index in [-0.39, 0.29) is 23.0 Å². The number of benzene rings is 2. The van der Waals surface area contributed by atoms with Gasteiger partial charge in [0.25, 0.3) is 0 Å². The lowest BCUT2D eigenvalue weighted by Gasteiger charge is -2.56. The van der Waals surface area contributed by atoms with Crippen LogP contribution in [0.15, 0.2) is 48.5 Å². The second-order valence-corrected chi connectivity index (χ2v) is 13.0. The normalized spacial score (nSPS) is 30.4. The van der Waals surface area contributed by atoms with Crippen LogP contribution in [0.4, 0.5) is 0 Å². The average Bonchev–Trinajstić information content (AvgIpc) is 3.33.